The number of rotatable bonds is 7. The van der Waals surface area contributed by atoms with Gasteiger partial charge in [-0.1, -0.05) is 34.1 Å². The molecule has 0 aliphatic rings. The van der Waals surface area contributed by atoms with Crippen molar-refractivity contribution in [1.29, 1.82) is 0 Å². The molecule has 0 aromatic heterocycles. The molecule has 0 amide bonds. The van der Waals surface area contributed by atoms with Crippen molar-refractivity contribution < 1.29 is 0 Å². The maximum Gasteiger partial charge on any atom is 0.00559 e. The van der Waals surface area contributed by atoms with Crippen LogP contribution in [0.5, 0.6) is 0 Å². The third kappa shape index (κ3) is 10.2. The molecule has 0 fully saturated rings. The smallest absolute Gasteiger partial charge is 0.00559 e. The van der Waals surface area contributed by atoms with E-state index in [4.69, 9.17) is 5.73 Å². The van der Waals surface area contributed by atoms with Crippen LogP contribution in [0.1, 0.15) is 53.4 Å². The topological polar surface area (TPSA) is 29.3 Å². The van der Waals surface area contributed by atoms with Crippen molar-refractivity contribution in [2.24, 2.45) is 11.1 Å². The van der Waals surface area contributed by atoms with Crippen LogP contribution in [-0.4, -0.2) is 31.1 Å². The second-order valence-electron chi connectivity index (χ2n) is 5.97. The van der Waals surface area contributed by atoms with Crippen molar-refractivity contribution in [1.82, 2.24) is 4.90 Å². The van der Waals surface area contributed by atoms with E-state index in [1.54, 1.807) is 0 Å². The lowest BCUT2D eigenvalue weighted by Crippen LogP contribution is -2.31. The molecule has 0 bridgehead atoms. The van der Waals surface area contributed by atoms with Crippen LogP contribution in [0.4, 0.5) is 0 Å². The zero-order valence-electron chi connectivity index (χ0n) is 11.3. The Bertz CT molecular complexity index is 149. The van der Waals surface area contributed by atoms with Crippen molar-refractivity contribution >= 4 is 0 Å². The van der Waals surface area contributed by atoms with Crippen molar-refractivity contribution in [3.63, 3.8) is 0 Å². The molecular weight excluding hydrogens is 184 g/mol. The van der Waals surface area contributed by atoms with E-state index in [9.17, 15) is 0 Å². The minimum atomic E-state index is 0.356. The summed E-state index contributed by atoms with van der Waals surface area (Å²) in [5, 5.41) is 0. The first-order chi connectivity index (χ1) is 6.85. The number of hydrogen-bond acceptors (Lipinski definition) is 2. The van der Waals surface area contributed by atoms with Gasteiger partial charge in [-0.2, -0.15) is 0 Å². The van der Waals surface area contributed by atoms with E-state index >= 15 is 0 Å². The summed E-state index contributed by atoms with van der Waals surface area (Å²) in [4.78, 5) is 2.39. The Kier molecular flexibility index (Phi) is 7.20. The van der Waals surface area contributed by atoms with Crippen LogP contribution in [-0.2, 0) is 0 Å². The highest BCUT2D eigenvalue weighted by Crippen LogP contribution is 2.21. The first-order valence-corrected chi connectivity index (χ1v) is 6.29. The van der Waals surface area contributed by atoms with Gasteiger partial charge in [0.05, 0.1) is 0 Å². The van der Waals surface area contributed by atoms with Crippen molar-refractivity contribution in [3.8, 4) is 0 Å². The molecule has 15 heavy (non-hydrogen) atoms. The van der Waals surface area contributed by atoms with Gasteiger partial charge in [-0.05, 0) is 44.8 Å². The largest absolute Gasteiger partial charge is 0.328 e. The Hall–Kier alpha value is -0.0800. The molecule has 0 heterocycles. The van der Waals surface area contributed by atoms with Gasteiger partial charge in [0.1, 0.15) is 0 Å². The molecule has 0 spiro atoms. The highest BCUT2D eigenvalue weighted by molar-refractivity contribution is 4.72. The Morgan fingerprint density at radius 1 is 1.20 bits per heavy atom. The van der Waals surface area contributed by atoms with Crippen molar-refractivity contribution in [2.75, 3.05) is 20.1 Å². The molecule has 2 nitrogen and oxygen atoms in total. The van der Waals surface area contributed by atoms with Gasteiger partial charge in [-0.25, -0.2) is 0 Å². The number of nitrogens with two attached hydrogens (primary N) is 1. The molecule has 0 aromatic carbocycles. The summed E-state index contributed by atoms with van der Waals surface area (Å²) in [6.45, 7) is 11.4. The Morgan fingerprint density at radius 3 is 2.27 bits per heavy atom. The zero-order valence-corrected chi connectivity index (χ0v) is 11.3. The summed E-state index contributed by atoms with van der Waals surface area (Å²) in [6.07, 6.45) is 4.81. The summed E-state index contributed by atoms with van der Waals surface area (Å²) < 4.78 is 0. The third-order valence-electron chi connectivity index (χ3n) is 2.65. The second-order valence-corrected chi connectivity index (χ2v) is 5.97. The van der Waals surface area contributed by atoms with Crippen LogP contribution >= 0.6 is 0 Å². The SMILES string of the molecule is CCCCN(C)CCC(N)CC(C)(C)C. The quantitative estimate of drug-likeness (QED) is 0.706. The van der Waals surface area contributed by atoms with Crippen LogP contribution in [0.15, 0.2) is 0 Å². The molecule has 0 radical (unpaired) electrons. The van der Waals surface area contributed by atoms with Gasteiger partial charge in [0.2, 0.25) is 0 Å². The lowest BCUT2D eigenvalue weighted by Gasteiger charge is -2.25. The van der Waals surface area contributed by atoms with Crippen molar-refractivity contribution in [2.45, 2.75) is 59.4 Å². The first kappa shape index (κ1) is 14.9. The normalized spacial score (nSPS) is 14.6. The van der Waals surface area contributed by atoms with Crippen LogP contribution in [0.3, 0.4) is 0 Å². The molecule has 0 aliphatic carbocycles. The highest BCUT2D eigenvalue weighted by Gasteiger charge is 2.15. The lowest BCUT2D eigenvalue weighted by molar-refractivity contribution is 0.280. The van der Waals surface area contributed by atoms with E-state index in [0.29, 0.717) is 11.5 Å². The van der Waals surface area contributed by atoms with Crippen molar-refractivity contribution in [3.05, 3.63) is 0 Å². The minimum absolute atomic E-state index is 0.356. The number of nitrogens with zero attached hydrogens (tertiary/aromatic N) is 1. The predicted octanol–water partition coefficient (Wildman–Crippen LogP) is 2.87. The van der Waals surface area contributed by atoms with Gasteiger partial charge >= 0.3 is 0 Å². The Morgan fingerprint density at radius 2 is 1.80 bits per heavy atom. The molecule has 1 unspecified atom stereocenters. The molecule has 92 valence electrons. The maximum atomic E-state index is 6.11. The molecule has 0 aliphatic heterocycles. The molecule has 0 saturated heterocycles. The fourth-order valence-electron chi connectivity index (χ4n) is 1.81. The van der Waals surface area contributed by atoms with E-state index in [0.717, 1.165) is 19.4 Å². The van der Waals surface area contributed by atoms with Crippen LogP contribution < -0.4 is 5.73 Å². The summed E-state index contributed by atoms with van der Waals surface area (Å²) >= 11 is 0. The third-order valence-corrected chi connectivity index (χ3v) is 2.65. The minimum Gasteiger partial charge on any atom is -0.328 e. The van der Waals surface area contributed by atoms with Crippen LogP contribution in [0, 0.1) is 5.41 Å². The summed E-state index contributed by atoms with van der Waals surface area (Å²) in [5.74, 6) is 0. The fraction of sp³-hybridized carbons (Fsp3) is 1.00. The van der Waals surface area contributed by atoms with Gasteiger partial charge in [0.25, 0.3) is 0 Å². The average molecular weight is 214 g/mol. The second kappa shape index (κ2) is 7.24. The maximum absolute atomic E-state index is 6.11. The molecule has 0 rings (SSSR count). The highest BCUT2D eigenvalue weighted by atomic mass is 15.1. The zero-order chi connectivity index (χ0) is 11.9. The number of unbranched alkanes of at least 4 members (excludes halogenated alkanes) is 1. The summed E-state index contributed by atoms with van der Waals surface area (Å²) in [5.41, 5.74) is 6.47. The van der Waals surface area contributed by atoms with Crippen LogP contribution in [0.2, 0.25) is 0 Å². The molecule has 0 saturated carbocycles. The van der Waals surface area contributed by atoms with Gasteiger partial charge in [0, 0.05) is 6.04 Å². The lowest BCUT2D eigenvalue weighted by atomic mass is 9.87. The van der Waals surface area contributed by atoms with Crippen LogP contribution in [0.25, 0.3) is 0 Å². The van der Waals surface area contributed by atoms with E-state index in [1.165, 1.54) is 19.4 Å². The fourth-order valence-corrected chi connectivity index (χ4v) is 1.81. The summed E-state index contributed by atoms with van der Waals surface area (Å²) in [6, 6.07) is 0.356. The van der Waals surface area contributed by atoms with E-state index in [-0.39, 0.29) is 0 Å². The predicted molar refractivity (Wildman–Crippen MR) is 69.1 cm³/mol. The standard InChI is InChI=1S/C13H30N2/c1-6-7-9-15(5)10-8-12(14)11-13(2,3)4/h12H,6-11,14H2,1-5H3. The molecule has 2 N–H and O–H groups in total. The molecule has 1 atom stereocenters. The van der Waals surface area contributed by atoms with E-state index < -0.39 is 0 Å². The molecule has 2 heteroatoms. The monoisotopic (exact) mass is 214 g/mol. The Labute approximate surface area is 96.2 Å². The summed E-state index contributed by atoms with van der Waals surface area (Å²) in [7, 11) is 2.19. The first-order valence-electron chi connectivity index (χ1n) is 6.29. The molecular formula is C13H30N2. The molecule has 0 aromatic rings. The Balaban J connectivity index is 3.57. The van der Waals surface area contributed by atoms with Gasteiger partial charge in [-0.3, -0.25) is 0 Å². The van der Waals surface area contributed by atoms with Gasteiger partial charge < -0.3 is 10.6 Å². The average Bonchev–Trinajstić information content (AvgIpc) is 2.08. The van der Waals surface area contributed by atoms with E-state index in [2.05, 4.69) is 39.6 Å². The van der Waals surface area contributed by atoms with Gasteiger partial charge in [-0.15, -0.1) is 0 Å². The van der Waals surface area contributed by atoms with Gasteiger partial charge in [0.15, 0.2) is 0 Å². The van der Waals surface area contributed by atoms with E-state index in [1.807, 2.05) is 0 Å². The number of hydrogen-bond donors (Lipinski definition) is 1.